The smallest absolute Gasteiger partial charge is 0.221 e. The van der Waals surface area contributed by atoms with Crippen LogP contribution in [0.2, 0.25) is 0 Å². The Balaban J connectivity index is 1.99. The first-order valence-electron chi connectivity index (χ1n) is 10.6. The summed E-state index contributed by atoms with van der Waals surface area (Å²) in [6, 6.07) is 10.2. The van der Waals surface area contributed by atoms with E-state index >= 15 is 0 Å². The molecule has 1 aliphatic rings. The number of piperazine rings is 1. The van der Waals surface area contributed by atoms with E-state index in [2.05, 4.69) is 65.3 Å². The van der Waals surface area contributed by atoms with Gasteiger partial charge in [-0.3, -0.25) is 0 Å². The Morgan fingerprint density at radius 1 is 1.07 bits per heavy atom. The quantitative estimate of drug-likeness (QED) is 0.612. The van der Waals surface area contributed by atoms with E-state index in [0.717, 1.165) is 72.1 Å². The third-order valence-electron chi connectivity index (χ3n) is 5.28. The number of benzene rings is 1. The molecule has 7 heteroatoms. The van der Waals surface area contributed by atoms with Gasteiger partial charge in [0.05, 0.1) is 22.5 Å². The lowest BCUT2D eigenvalue weighted by molar-refractivity contribution is 0.442. The normalized spacial score (nSPS) is 14.9. The minimum absolute atomic E-state index is 0.111. The monoisotopic (exact) mass is 405 g/mol. The maximum absolute atomic E-state index is 6.18. The number of nitrogens with two attached hydrogens (primary N) is 1. The highest BCUT2D eigenvalue weighted by molar-refractivity contribution is 6.07. The highest BCUT2D eigenvalue weighted by Crippen LogP contribution is 2.39. The summed E-state index contributed by atoms with van der Waals surface area (Å²) in [7, 11) is 0. The minimum Gasteiger partial charge on any atom is -0.368 e. The van der Waals surface area contributed by atoms with Crippen LogP contribution in [0.4, 0.5) is 17.5 Å². The zero-order chi connectivity index (χ0) is 21.3. The van der Waals surface area contributed by atoms with Crippen LogP contribution in [0.1, 0.15) is 26.5 Å². The fraction of sp³-hybridized carbons (Fsp3) is 0.435. The summed E-state index contributed by atoms with van der Waals surface area (Å²) in [4.78, 5) is 16.7. The molecule has 0 unspecified atom stereocenters. The molecule has 0 amide bonds. The van der Waals surface area contributed by atoms with Gasteiger partial charge in [0.1, 0.15) is 5.52 Å². The molecule has 2 aromatic heterocycles. The molecule has 158 valence electrons. The van der Waals surface area contributed by atoms with Crippen molar-refractivity contribution < 1.29 is 0 Å². The van der Waals surface area contributed by atoms with Crippen LogP contribution in [0, 0.1) is 12.3 Å². The van der Waals surface area contributed by atoms with Gasteiger partial charge in [0.15, 0.2) is 5.82 Å². The van der Waals surface area contributed by atoms with E-state index in [4.69, 9.17) is 10.7 Å². The largest absolute Gasteiger partial charge is 0.368 e. The molecular weight excluding hydrogens is 374 g/mol. The Morgan fingerprint density at radius 3 is 2.43 bits per heavy atom. The molecule has 3 aromatic rings. The summed E-state index contributed by atoms with van der Waals surface area (Å²) in [5.74, 6) is 1.03. The summed E-state index contributed by atoms with van der Waals surface area (Å²) in [5.41, 5.74) is 11.0. The van der Waals surface area contributed by atoms with E-state index in [-0.39, 0.29) is 11.4 Å². The van der Waals surface area contributed by atoms with Crippen molar-refractivity contribution in [2.75, 3.05) is 48.7 Å². The minimum atomic E-state index is 0.111. The molecule has 3 heterocycles. The molecule has 0 saturated carbocycles. The number of aromatic nitrogens is 3. The van der Waals surface area contributed by atoms with E-state index in [1.165, 1.54) is 0 Å². The van der Waals surface area contributed by atoms with Crippen LogP contribution >= 0.6 is 0 Å². The number of hydrogen-bond acceptors (Lipinski definition) is 7. The van der Waals surface area contributed by atoms with Crippen molar-refractivity contribution in [3.8, 4) is 11.3 Å². The molecule has 1 fully saturated rings. The van der Waals surface area contributed by atoms with Crippen LogP contribution < -0.4 is 21.3 Å². The van der Waals surface area contributed by atoms with Crippen LogP contribution in [0.5, 0.6) is 0 Å². The van der Waals surface area contributed by atoms with Crippen molar-refractivity contribution >= 4 is 28.4 Å². The van der Waals surface area contributed by atoms with Gasteiger partial charge < -0.3 is 21.3 Å². The third kappa shape index (κ3) is 4.16. The second-order valence-corrected chi connectivity index (χ2v) is 9.07. The van der Waals surface area contributed by atoms with Crippen molar-refractivity contribution in [2.45, 2.75) is 27.7 Å². The molecule has 0 bridgehead atoms. The maximum atomic E-state index is 6.18. The number of aryl methyl sites for hydroxylation is 1. The fourth-order valence-electron chi connectivity index (χ4n) is 3.88. The zero-order valence-corrected chi connectivity index (χ0v) is 18.3. The number of nitrogens with one attached hydrogen (secondary N) is 2. The Bertz CT molecular complexity index is 1040. The lowest BCUT2D eigenvalue weighted by Gasteiger charge is -2.32. The van der Waals surface area contributed by atoms with Crippen molar-refractivity contribution in [3.05, 3.63) is 36.0 Å². The number of rotatable bonds is 4. The first-order chi connectivity index (χ1) is 14.3. The van der Waals surface area contributed by atoms with Crippen molar-refractivity contribution in [2.24, 2.45) is 5.41 Å². The number of nitrogens with zero attached hydrogens (tertiary/aromatic N) is 4. The molecule has 0 radical (unpaired) electrons. The van der Waals surface area contributed by atoms with E-state index in [1.54, 1.807) is 0 Å². The van der Waals surface area contributed by atoms with E-state index < -0.39 is 0 Å². The number of fused-ring (bicyclic) bond motifs is 1. The van der Waals surface area contributed by atoms with E-state index in [0.29, 0.717) is 0 Å². The number of pyridine rings is 1. The van der Waals surface area contributed by atoms with Crippen molar-refractivity contribution in [3.63, 3.8) is 0 Å². The van der Waals surface area contributed by atoms with Crippen LogP contribution in [-0.4, -0.2) is 47.7 Å². The Kier molecular flexibility index (Phi) is 5.47. The standard InChI is InChI=1S/C23H31N7/c1-15-20(30-12-10-25-11-13-30)17-18(16-8-6-5-7-9-16)28-22(24)29-19(17)21(27-15)26-14-23(2,3)4/h5-9,25H,10-14H2,1-4H3,(H,26,27)(H2,24,28,29). The molecule has 4 rings (SSSR count). The van der Waals surface area contributed by atoms with Crippen LogP contribution in [-0.2, 0) is 0 Å². The third-order valence-corrected chi connectivity index (χ3v) is 5.28. The van der Waals surface area contributed by atoms with E-state index in [9.17, 15) is 0 Å². The second kappa shape index (κ2) is 8.07. The summed E-state index contributed by atoms with van der Waals surface area (Å²) in [6.07, 6.45) is 0. The lowest BCUT2D eigenvalue weighted by Crippen LogP contribution is -2.44. The van der Waals surface area contributed by atoms with Gasteiger partial charge in [0.25, 0.3) is 0 Å². The van der Waals surface area contributed by atoms with Gasteiger partial charge >= 0.3 is 0 Å². The van der Waals surface area contributed by atoms with Gasteiger partial charge in [-0.1, -0.05) is 51.1 Å². The highest BCUT2D eigenvalue weighted by Gasteiger charge is 2.24. The first-order valence-corrected chi connectivity index (χ1v) is 10.6. The van der Waals surface area contributed by atoms with Crippen LogP contribution in [0.3, 0.4) is 0 Å². The summed E-state index contributed by atoms with van der Waals surface area (Å²) in [5, 5.41) is 7.96. The van der Waals surface area contributed by atoms with Crippen LogP contribution in [0.25, 0.3) is 22.2 Å². The van der Waals surface area contributed by atoms with Crippen LogP contribution in [0.15, 0.2) is 30.3 Å². The maximum Gasteiger partial charge on any atom is 0.221 e. The highest BCUT2D eigenvalue weighted by atomic mass is 15.2. The summed E-state index contributed by atoms with van der Waals surface area (Å²) < 4.78 is 0. The Morgan fingerprint density at radius 2 is 1.77 bits per heavy atom. The average Bonchev–Trinajstić information content (AvgIpc) is 2.72. The number of nitrogen functional groups attached to an aromatic ring is 1. The Labute approximate surface area is 178 Å². The zero-order valence-electron chi connectivity index (χ0n) is 18.3. The molecule has 4 N–H and O–H groups in total. The van der Waals surface area contributed by atoms with E-state index in [1.807, 2.05) is 18.2 Å². The topological polar surface area (TPSA) is 92.0 Å². The number of hydrogen-bond donors (Lipinski definition) is 3. The summed E-state index contributed by atoms with van der Waals surface area (Å²) in [6.45, 7) is 13.2. The second-order valence-electron chi connectivity index (χ2n) is 9.07. The predicted octanol–water partition coefficient (Wildman–Crippen LogP) is 3.45. The van der Waals surface area contributed by atoms with Gasteiger partial charge in [-0.05, 0) is 12.3 Å². The molecule has 0 atom stereocenters. The first kappa shape index (κ1) is 20.3. The van der Waals surface area contributed by atoms with Gasteiger partial charge in [-0.2, -0.15) is 0 Å². The number of anilines is 3. The molecule has 30 heavy (non-hydrogen) atoms. The summed E-state index contributed by atoms with van der Waals surface area (Å²) >= 11 is 0. The molecular formula is C23H31N7. The van der Waals surface area contributed by atoms with Gasteiger partial charge in [0.2, 0.25) is 5.95 Å². The van der Waals surface area contributed by atoms with Gasteiger partial charge in [-0.15, -0.1) is 0 Å². The average molecular weight is 406 g/mol. The molecule has 7 nitrogen and oxygen atoms in total. The SMILES string of the molecule is Cc1nc(NCC(C)(C)C)c2nc(N)nc(-c3ccccc3)c2c1N1CCNCC1. The molecule has 1 aromatic carbocycles. The Hall–Kier alpha value is -2.93. The molecule has 1 saturated heterocycles. The molecule has 1 aliphatic heterocycles. The van der Waals surface area contributed by atoms with Gasteiger partial charge in [-0.25, -0.2) is 15.0 Å². The van der Waals surface area contributed by atoms with Crippen molar-refractivity contribution in [1.82, 2.24) is 20.3 Å². The van der Waals surface area contributed by atoms with Gasteiger partial charge in [0, 0.05) is 38.3 Å². The van der Waals surface area contributed by atoms with Crippen molar-refractivity contribution in [1.29, 1.82) is 0 Å². The predicted molar refractivity (Wildman–Crippen MR) is 125 cm³/mol. The fourth-order valence-corrected chi connectivity index (χ4v) is 3.88. The lowest BCUT2D eigenvalue weighted by atomic mass is 9.97. The molecule has 0 aliphatic carbocycles. The molecule has 0 spiro atoms.